The molecule has 0 saturated carbocycles. The van der Waals surface area contributed by atoms with Gasteiger partial charge in [-0.25, -0.2) is 0 Å². The minimum absolute atomic E-state index is 0.474. The maximum Gasteiger partial charge on any atom is 0.119 e. The average Bonchev–Trinajstić information content (AvgIpc) is 2.73. The summed E-state index contributed by atoms with van der Waals surface area (Å²) in [6.07, 6.45) is 12.3. The molecule has 0 spiro atoms. The first-order chi connectivity index (χ1) is 13.7. The molecule has 0 heterocycles. The van der Waals surface area contributed by atoms with E-state index in [-0.39, 0.29) is 0 Å². The smallest absolute Gasteiger partial charge is 0.119 e. The number of rotatable bonds is 13. The summed E-state index contributed by atoms with van der Waals surface area (Å²) in [5.41, 5.74) is 4.01. The van der Waals surface area contributed by atoms with Crippen molar-refractivity contribution in [2.75, 3.05) is 12.4 Å². The van der Waals surface area contributed by atoms with Crippen molar-refractivity contribution in [3.8, 4) is 5.75 Å². The number of hydrogen-bond donors (Lipinski definition) is 1. The quantitative estimate of drug-likeness (QED) is 0.289. The standard InChI is InChI=1S/C26H37NO/c1-4-5-6-7-11-14-25(27-24-17-19-26(28-3)20-18-24)21-22(2)15-16-23-12-9-8-10-13-23/h8-10,12-13,15,17-20,25,27H,4-7,11,14,16,21H2,1-3H3/b22-15+. The molecule has 2 aromatic carbocycles. The lowest BCUT2D eigenvalue weighted by Crippen LogP contribution is -2.20. The molecule has 2 nitrogen and oxygen atoms in total. The van der Waals surface area contributed by atoms with Crippen LogP contribution in [0.5, 0.6) is 5.75 Å². The molecule has 0 aliphatic heterocycles. The van der Waals surface area contributed by atoms with Crippen LogP contribution in [0.15, 0.2) is 66.2 Å². The van der Waals surface area contributed by atoms with Gasteiger partial charge in [0, 0.05) is 11.7 Å². The summed E-state index contributed by atoms with van der Waals surface area (Å²) >= 11 is 0. The van der Waals surface area contributed by atoms with E-state index in [9.17, 15) is 0 Å². The van der Waals surface area contributed by atoms with Gasteiger partial charge in [-0.15, -0.1) is 0 Å². The first kappa shape index (κ1) is 22.1. The Labute approximate surface area is 172 Å². The van der Waals surface area contributed by atoms with E-state index in [1.807, 2.05) is 12.1 Å². The van der Waals surface area contributed by atoms with E-state index in [4.69, 9.17) is 4.74 Å². The second-order valence-corrected chi connectivity index (χ2v) is 7.72. The zero-order chi connectivity index (χ0) is 20.0. The minimum Gasteiger partial charge on any atom is -0.497 e. The maximum atomic E-state index is 5.28. The molecule has 0 aliphatic rings. The molecule has 0 fully saturated rings. The third-order valence-electron chi connectivity index (χ3n) is 5.21. The molecule has 0 radical (unpaired) electrons. The van der Waals surface area contributed by atoms with Crippen LogP contribution < -0.4 is 10.1 Å². The minimum atomic E-state index is 0.474. The number of unbranched alkanes of at least 4 members (excludes halogenated alkanes) is 4. The molecule has 28 heavy (non-hydrogen) atoms. The number of hydrogen-bond acceptors (Lipinski definition) is 2. The fourth-order valence-electron chi connectivity index (χ4n) is 3.52. The predicted octanol–water partition coefficient (Wildman–Crippen LogP) is 7.42. The fraction of sp³-hybridized carbons (Fsp3) is 0.462. The second kappa shape index (κ2) is 13.0. The molecule has 0 saturated heterocycles. The van der Waals surface area contributed by atoms with Gasteiger partial charge in [-0.1, -0.05) is 81.0 Å². The Bertz CT molecular complexity index is 675. The van der Waals surface area contributed by atoms with Crippen LogP contribution >= 0.6 is 0 Å². The molecular formula is C26H37NO. The first-order valence-electron chi connectivity index (χ1n) is 10.8. The average molecular weight is 380 g/mol. The van der Waals surface area contributed by atoms with E-state index in [2.05, 4.69) is 67.7 Å². The highest BCUT2D eigenvalue weighted by Crippen LogP contribution is 2.21. The summed E-state index contributed by atoms with van der Waals surface area (Å²) in [7, 11) is 1.71. The van der Waals surface area contributed by atoms with E-state index in [1.54, 1.807) is 7.11 Å². The van der Waals surface area contributed by atoms with Crippen molar-refractivity contribution in [3.63, 3.8) is 0 Å². The molecular weight excluding hydrogens is 342 g/mol. The van der Waals surface area contributed by atoms with Gasteiger partial charge < -0.3 is 10.1 Å². The number of methoxy groups -OCH3 is 1. The topological polar surface area (TPSA) is 21.3 Å². The van der Waals surface area contributed by atoms with Crippen molar-refractivity contribution in [1.29, 1.82) is 0 Å². The number of ether oxygens (including phenoxy) is 1. The lowest BCUT2D eigenvalue weighted by Gasteiger charge is -2.21. The van der Waals surface area contributed by atoms with Crippen molar-refractivity contribution in [2.24, 2.45) is 0 Å². The Kier molecular flexibility index (Phi) is 10.3. The van der Waals surface area contributed by atoms with Crippen LogP contribution in [0, 0.1) is 0 Å². The Morgan fingerprint density at radius 3 is 2.36 bits per heavy atom. The van der Waals surface area contributed by atoms with Crippen LogP contribution in [0.4, 0.5) is 5.69 Å². The van der Waals surface area contributed by atoms with Gasteiger partial charge in [0.05, 0.1) is 7.11 Å². The number of anilines is 1. The molecule has 2 aromatic rings. The first-order valence-corrected chi connectivity index (χ1v) is 10.8. The van der Waals surface area contributed by atoms with E-state index in [1.165, 1.54) is 55.3 Å². The zero-order valence-corrected chi connectivity index (χ0v) is 17.9. The third kappa shape index (κ3) is 8.65. The monoisotopic (exact) mass is 379 g/mol. The summed E-state index contributed by atoms with van der Waals surface area (Å²) in [5.74, 6) is 0.903. The summed E-state index contributed by atoms with van der Waals surface area (Å²) in [4.78, 5) is 0. The lowest BCUT2D eigenvalue weighted by atomic mass is 9.98. The Balaban J connectivity index is 1.93. The fourth-order valence-corrected chi connectivity index (χ4v) is 3.52. The van der Waals surface area contributed by atoms with Crippen molar-refractivity contribution in [2.45, 2.75) is 71.3 Å². The number of allylic oxidation sites excluding steroid dienone is 1. The van der Waals surface area contributed by atoms with Crippen LogP contribution in [0.1, 0.15) is 64.4 Å². The van der Waals surface area contributed by atoms with Crippen LogP contribution in [-0.2, 0) is 6.42 Å². The normalized spacial score (nSPS) is 12.6. The van der Waals surface area contributed by atoms with E-state index < -0.39 is 0 Å². The highest BCUT2D eigenvalue weighted by atomic mass is 16.5. The van der Waals surface area contributed by atoms with Crippen LogP contribution in [0.2, 0.25) is 0 Å². The molecule has 1 atom stereocenters. The van der Waals surface area contributed by atoms with Crippen molar-refractivity contribution in [3.05, 3.63) is 71.8 Å². The van der Waals surface area contributed by atoms with E-state index in [0.29, 0.717) is 6.04 Å². The van der Waals surface area contributed by atoms with Gasteiger partial charge in [0.25, 0.3) is 0 Å². The largest absolute Gasteiger partial charge is 0.497 e. The molecule has 2 heteroatoms. The molecule has 2 rings (SSSR count). The Morgan fingerprint density at radius 1 is 0.964 bits per heavy atom. The molecule has 152 valence electrons. The zero-order valence-electron chi connectivity index (χ0n) is 17.9. The number of nitrogens with one attached hydrogen (secondary N) is 1. The summed E-state index contributed by atoms with van der Waals surface area (Å²) in [6, 6.07) is 19.5. The Morgan fingerprint density at radius 2 is 1.68 bits per heavy atom. The van der Waals surface area contributed by atoms with Crippen LogP contribution in [-0.4, -0.2) is 13.2 Å². The van der Waals surface area contributed by atoms with Crippen LogP contribution in [0.3, 0.4) is 0 Å². The molecule has 1 unspecified atom stereocenters. The molecule has 0 amide bonds. The van der Waals surface area contributed by atoms with Gasteiger partial charge in [0.1, 0.15) is 5.75 Å². The maximum absolute atomic E-state index is 5.28. The Hall–Kier alpha value is -2.22. The highest BCUT2D eigenvalue weighted by molar-refractivity contribution is 5.47. The molecule has 0 aromatic heterocycles. The number of benzene rings is 2. The SMILES string of the molecule is CCCCCCCC(C/C(C)=C/Cc1ccccc1)Nc1ccc(OC)cc1. The predicted molar refractivity (Wildman–Crippen MR) is 122 cm³/mol. The van der Waals surface area contributed by atoms with E-state index in [0.717, 1.165) is 18.6 Å². The summed E-state index contributed by atoms with van der Waals surface area (Å²) < 4.78 is 5.28. The van der Waals surface area contributed by atoms with Gasteiger partial charge in [-0.3, -0.25) is 0 Å². The van der Waals surface area contributed by atoms with Crippen molar-refractivity contribution in [1.82, 2.24) is 0 Å². The van der Waals surface area contributed by atoms with Gasteiger partial charge in [-0.05, 0) is 56.0 Å². The van der Waals surface area contributed by atoms with Gasteiger partial charge >= 0.3 is 0 Å². The van der Waals surface area contributed by atoms with Crippen molar-refractivity contribution >= 4 is 5.69 Å². The summed E-state index contributed by atoms with van der Waals surface area (Å²) in [5, 5.41) is 3.75. The van der Waals surface area contributed by atoms with Gasteiger partial charge in [-0.2, -0.15) is 0 Å². The van der Waals surface area contributed by atoms with E-state index >= 15 is 0 Å². The highest BCUT2D eigenvalue weighted by Gasteiger charge is 2.10. The van der Waals surface area contributed by atoms with Crippen LogP contribution in [0.25, 0.3) is 0 Å². The molecule has 1 N–H and O–H groups in total. The molecule has 0 aliphatic carbocycles. The van der Waals surface area contributed by atoms with Crippen molar-refractivity contribution < 1.29 is 4.74 Å². The van der Waals surface area contributed by atoms with Gasteiger partial charge in [0.2, 0.25) is 0 Å². The third-order valence-corrected chi connectivity index (χ3v) is 5.21. The van der Waals surface area contributed by atoms with Gasteiger partial charge in [0.15, 0.2) is 0 Å². The summed E-state index contributed by atoms with van der Waals surface area (Å²) in [6.45, 7) is 4.54. The molecule has 0 bridgehead atoms. The lowest BCUT2D eigenvalue weighted by molar-refractivity contribution is 0.415. The second-order valence-electron chi connectivity index (χ2n) is 7.72.